The van der Waals surface area contributed by atoms with E-state index in [1.807, 2.05) is 0 Å². The number of phenolic OH excluding ortho intramolecular Hbond substituents is 2. The van der Waals surface area contributed by atoms with E-state index in [2.05, 4.69) is 20.8 Å². The number of aromatic hydroxyl groups is 2. The lowest BCUT2D eigenvalue weighted by molar-refractivity contribution is 0.0752. The zero-order valence-corrected chi connectivity index (χ0v) is 13.1. The van der Waals surface area contributed by atoms with Gasteiger partial charge in [0.2, 0.25) is 0 Å². The maximum absolute atomic E-state index is 12.5. The Labute approximate surface area is 126 Å². The Bertz CT molecular complexity index is 519. The summed E-state index contributed by atoms with van der Waals surface area (Å²) < 4.78 is 0. The molecule has 0 spiro atoms. The number of nitrogens with zero attached hydrogens (tertiary/aromatic N) is 1. The summed E-state index contributed by atoms with van der Waals surface area (Å²) in [6, 6.07) is 4.52. The van der Waals surface area contributed by atoms with Gasteiger partial charge in [0, 0.05) is 13.1 Å². The van der Waals surface area contributed by atoms with E-state index in [-0.39, 0.29) is 28.4 Å². The third-order valence-corrected chi connectivity index (χ3v) is 4.49. The van der Waals surface area contributed by atoms with Crippen molar-refractivity contribution < 1.29 is 15.0 Å². The lowest BCUT2D eigenvalue weighted by atomic mass is 9.77. The van der Waals surface area contributed by atoms with Crippen LogP contribution in [0.2, 0.25) is 0 Å². The largest absolute Gasteiger partial charge is 0.504 e. The number of carbonyl (C=O) groups is 1. The Balaban J connectivity index is 2.12. The minimum absolute atomic E-state index is 0.184. The first kappa shape index (κ1) is 15.7. The van der Waals surface area contributed by atoms with Crippen molar-refractivity contribution in [2.45, 2.75) is 40.0 Å². The molecule has 1 aromatic rings. The van der Waals surface area contributed by atoms with Crippen molar-refractivity contribution in [3.8, 4) is 11.5 Å². The van der Waals surface area contributed by atoms with Crippen molar-refractivity contribution in [3.05, 3.63) is 23.8 Å². The van der Waals surface area contributed by atoms with Crippen molar-refractivity contribution in [3.63, 3.8) is 0 Å². The Morgan fingerprint density at radius 1 is 1.19 bits per heavy atom. The number of hydrogen-bond donors (Lipinski definition) is 2. The highest BCUT2D eigenvalue weighted by Crippen LogP contribution is 2.35. The van der Waals surface area contributed by atoms with Crippen LogP contribution in [0.4, 0.5) is 0 Å². The summed E-state index contributed by atoms with van der Waals surface area (Å²) in [5.74, 6) is -0.159. The van der Waals surface area contributed by atoms with Crippen LogP contribution in [0.25, 0.3) is 0 Å². The molecule has 1 aliphatic heterocycles. The number of para-hydroxylation sites is 1. The quantitative estimate of drug-likeness (QED) is 0.780. The lowest BCUT2D eigenvalue weighted by Gasteiger charge is -2.29. The molecular weight excluding hydrogens is 266 g/mol. The molecule has 1 atom stereocenters. The third-order valence-electron chi connectivity index (χ3n) is 4.49. The Morgan fingerprint density at radius 3 is 2.57 bits per heavy atom. The molecule has 4 nitrogen and oxygen atoms in total. The molecule has 0 bridgehead atoms. The van der Waals surface area contributed by atoms with Gasteiger partial charge < -0.3 is 15.1 Å². The minimum Gasteiger partial charge on any atom is -0.504 e. The number of benzene rings is 1. The van der Waals surface area contributed by atoms with Crippen LogP contribution in [0.3, 0.4) is 0 Å². The summed E-state index contributed by atoms with van der Waals surface area (Å²) in [5.41, 5.74) is 0.441. The first-order chi connectivity index (χ1) is 9.80. The van der Waals surface area contributed by atoms with Crippen molar-refractivity contribution >= 4 is 5.91 Å². The van der Waals surface area contributed by atoms with Gasteiger partial charge in [-0.15, -0.1) is 0 Å². The average Bonchev–Trinajstić information content (AvgIpc) is 2.66. The van der Waals surface area contributed by atoms with E-state index in [1.165, 1.54) is 6.07 Å². The predicted molar refractivity (Wildman–Crippen MR) is 82.5 cm³/mol. The maximum Gasteiger partial charge on any atom is 0.257 e. The average molecular weight is 291 g/mol. The lowest BCUT2D eigenvalue weighted by Crippen LogP contribution is -2.32. The molecular formula is C17H25NO3. The number of likely N-dealkylation sites (tertiary alicyclic amines) is 1. The number of carbonyl (C=O) groups excluding carboxylic acids is 1. The predicted octanol–water partition coefficient (Wildman–Crippen LogP) is 3.39. The summed E-state index contributed by atoms with van der Waals surface area (Å²) in [5, 5.41) is 19.4. The normalized spacial score (nSPS) is 20.1. The van der Waals surface area contributed by atoms with Gasteiger partial charge in [-0.3, -0.25) is 4.79 Å². The molecule has 4 heteroatoms. The fourth-order valence-corrected chi connectivity index (χ4v) is 3.04. The van der Waals surface area contributed by atoms with Gasteiger partial charge in [-0.1, -0.05) is 26.8 Å². The van der Waals surface area contributed by atoms with Crippen LogP contribution in [0.15, 0.2) is 18.2 Å². The summed E-state index contributed by atoms with van der Waals surface area (Å²) >= 11 is 0. The van der Waals surface area contributed by atoms with Crippen molar-refractivity contribution in [1.82, 2.24) is 4.90 Å². The summed E-state index contributed by atoms with van der Waals surface area (Å²) in [6.45, 7) is 8.15. The topological polar surface area (TPSA) is 60.8 Å². The second-order valence-electron chi connectivity index (χ2n) is 6.96. The Kier molecular flexibility index (Phi) is 4.45. The monoisotopic (exact) mass is 291 g/mol. The van der Waals surface area contributed by atoms with Gasteiger partial charge in [-0.2, -0.15) is 0 Å². The van der Waals surface area contributed by atoms with Gasteiger partial charge in [-0.25, -0.2) is 0 Å². The summed E-state index contributed by atoms with van der Waals surface area (Å²) in [7, 11) is 0. The number of hydrogen-bond acceptors (Lipinski definition) is 3. The Morgan fingerprint density at radius 2 is 1.90 bits per heavy atom. The van der Waals surface area contributed by atoms with E-state index in [9.17, 15) is 15.0 Å². The van der Waals surface area contributed by atoms with Crippen LogP contribution in [-0.2, 0) is 0 Å². The molecule has 1 heterocycles. The van der Waals surface area contributed by atoms with Gasteiger partial charge in [0.1, 0.15) is 0 Å². The zero-order valence-electron chi connectivity index (χ0n) is 13.1. The summed E-state index contributed by atoms with van der Waals surface area (Å²) in [6.07, 6.45) is 3.08. The van der Waals surface area contributed by atoms with E-state index in [0.29, 0.717) is 19.0 Å². The van der Waals surface area contributed by atoms with Gasteiger partial charge in [0.05, 0.1) is 5.56 Å². The van der Waals surface area contributed by atoms with Crippen LogP contribution in [0, 0.1) is 11.3 Å². The Hall–Kier alpha value is -1.71. The van der Waals surface area contributed by atoms with Crippen LogP contribution in [0.1, 0.15) is 50.4 Å². The molecule has 1 saturated heterocycles. The highest BCUT2D eigenvalue weighted by molar-refractivity contribution is 5.97. The van der Waals surface area contributed by atoms with Crippen molar-refractivity contribution in [1.29, 1.82) is 0 Å². The van der Waals surface area contributed by atoms with E-state index < -0.39 is 0 Å². The zero-order chi connectivity index (χ0) is 15.6. The van der Waals surface area contributed by atoms with Crippen molar-refractivity contribution in [2.24, 2.45) is 11.3 Å². The van der Waals surface area contributed by atoms with E-state index in [1.54, 1.807) is 17.0 Å². The molecule has 1 aromatic carbocycles. The number of phenols is 2. The van der Waals surface area contributed by atoms with Crippen LogP contribution in [-0.4, -0.2) is 34.1 Å². The SMILES string of the molecule is CC(C)(C)C1CCCN(C(=O)c2cccc(O)c2O)CC1. The molecule has 0 saturated carbocycles. The molecule has 21 heavy (non-hydrogen) atoms. The second kappa shape index (κ2) is 5.96. The van der Waals surface area contributed by atoms with Gasteiger partial charge >= 0.3 is 0 Å². The molecule has 116 valence electrons. The van der Waals surface area contributed by atoms with Crippen molar-refractivity contribution in [2.75, 3.05) is 13.1 Å². The fraction of sp³-hybridized carbons (Fsp3) is 0.588. The molecule has 1 amide bonds. The first-order valence-corrected chi connectivity index (χ1v) is 7.61. The van der Waals surface area contributed by atoms with Crippen LogP contribution in [0.5, 0.6) is 11.5 Å². The molecule has 0 aromatic heterocycles. The van der Waals surface area contributed by atoms with Crippen LogP contribution >= 0.6 is 0 Å². The molecule has 1 aliphatic rings. The van der Waals surface area contributed by atoms with Crippen LogP contribution < -0.4 is 0 Å². The van der Waals surface area contributed by atoms with Gasteiger partial charge in [-0.05, 0) is 42.7 Å². The maximum atomic E-state index is 12.5. The van der Waals surface area contributed by atoms with Gasteiger partial charge in [0.15, 0.2) is 11.5 Å². The fourth-order valence-electron chi connectivity index (χ4n) is 3.04. The third kappa shape index (κ3) is 3.49. The molecule has 1 fully saturated rings. The molecule has 2 rings (SSSR count). The highest BCUT2D eigenvalue weighted by Gasteiger charge is 2.29. The number of amides is 1. The van der Waals surface area contributed by atoms with E-state index in [0.717, 1.165) is 19.3 Å². The molecule has 2 N–H and O–H groups in total. The molecule has 1 unspecified atom stereocenters. The minimum atomic E-state index is -0.320. The van der Waals surface area contributed by atoms with E-state index >= 15 is 0 Å². The van der Waals surface area contributed by atoms with Gasteiger partial charge in [0.25, 0.3) is 5.91 Å². The molecule has 0 radical (unpaired) electrons. The highest BCUT2D eigenvalue weighted by atomic mass is 16.3. The summed E-state index contributed by atoms with van der Waals surface area (Å²) in [4.78, 5) is 14.3. The second-order valence-corrected chi connectivity index (χ2v) is 6.96. The smallest absolute Gasteiger partial charge is 0.257 e. The molecule has 0 aliphatic carbocycles. The van der Waals surface area contributed by atoms with E-state index in [4.69, 9.17) is 0 Å². The first-order valence-electron chi connectivity index (χ1n) is 7.61. The standard InChI is InChI=1S/C17H25NO3/c1-17(2,3)12-6-5-10-18(11-9-12)16(21)13-7-4-8-14(19)15(13)20/h4,7-8,12,19-20H,5-6,9-11H2,1-3H3. The number of rotatable bonds is 1.